The van der Waals surface area contributed by atoms with Crippen LogP contribution in [0, 0.1) is 0 Å². The van der Waals surface area contributed by atoms with Crippen molar-refractivity contribution >= 4 is 0 Å². The van der Waals surface area contributed by atoms with Gasteiger partial charge in [0.15, 0.2) is 0 Å². The lowest BCUT2D eigenvalue weighted by atomic mass is 10.0. The van der Waals surface area contributed by atoms with Crippen molar-refractivity contribution in [3.63, 3.8) is 0 Å². The van der Waals surface area contributed by atoms with Gasteiger partial charge in [0.2, 0.25) is 0 Å². The molecule has 1 aliphatic heterocycles. The summed E-state index contributed by atoms with van der Waals surface area (Å²) in [5.74, 6) is 0. The zero-order valence-corrected chi connectivity index (χ0v) is 28.3. The molecule has 40 heavy (non-hydrogen) atoms. The van der Waals surface area contributed by atoms with Crippen molar-refractivity contribution in [3.8, 4) is 0 Å². The molecule has 0 bridgehead atoms. The quantitative estimate of drug-likeness (QED) is 0.0755. The standard InChI is InChI=1S/C38H76N2/c1-4-7-10-13-16-18-20-21-23-26-29-32-35-40-37-36-39(38(40)33-30-27-24-15-12-9-6-3)34-31-28-25-22-19-17-14-11-8-5-2/h36-38H,4-35H2,1-3H3. The number of unbranched alkanes of at least 4 members (excludes halogenated alkanes) is 26. The Hall–Kier alpha value is -0.660. The van der Waals surface area contributed by atoms with Crippen LogP contribution in [0.3, 0.4) is 0 Å². The Balaban J connectivity index is 2.21. The maximum atomic E-state index is 2.71. The van der Waals surface area contributed by atoms with Gasteiger partial charge in [-0.05, 0) is 25.7 Å². The van der Waals surface area contributed by atoms with Gasteiger partial charge in [-0.2, -0.15) is 0 Å². The summed E-state index contributed by atoms with van der Waals surface area (Å²) in [5.41, 5.74) is 0. The van der Waals surface area contributed by atoms with Gasteiger partial charge in [-0.15, -0.1) is 0 Å². The molecule has 0 saturated heterocycles. The third-order valence-electron chi connectivity index (χ3n) is 9.32. The highest BCUT2D eigenvalue weighted by atomic mass is 15.4. The van der Waals surface area contributed by atoms with Crippen LogP contribution >= 0.6 is 0 Å². The molecule has 2 nitrogen and oxygen atoms in total. The molecule has 0 spiro atoms. The van der Waals surface area contributed by atoms with E-state index in [1.807, 2.05) is 0 Å². The van der Waals surface area contributed by atoms with Gasteiger partial charge < -0.3 is 9.80 Å². The van der Waals surface area contributed by atoms with Crippen molar-refractivity contribution in [2.24, 2.45) is 0 Å². The van der Waals surface area contributed by atoms with Crippen LogP contribution in [0.2, 0.25) is 0 Å². The summed E-state index contributed by atoms with van der Waals surface area (Å²) in [7, 11) is 0. The third-order valence-corrected chi connectivity index (χ3v) is 9.32. The minimum Gasteiger partial charge on any atom is -0.356 e. The summed E-state index contributed by atoms with van der Waals surface area (Å²) in [6.45, 7) is 9.48. The van der Waals surface area contributed by atoms with Crippen LogP contribution in [0.5, 0.6) is 0 Å². The van der Waals surface area contributed by atoms with Gasteiger partial charge in [0.1, 0.15) is 6.17 Å². The maximum Gasteiger partial charge on any atom is 0.101 e. The maximum absolute atomic E-state index is 2.71. The highest BCUT2D eigenvalue weighted by molar-refractivity contribution is 4.97. The summed E-state index contributed by atoms with van der Waals surface area (Å²) in [6, 6.07) is 0. The van der Waals surface area contributed by atoms with Crippen molar-refractivity contribution in [1.29, 1.82) is 0 Å². The van der Waals surface area contributed by atoms with Crippen LogP contribution in [0.4, 0.5) is 0 Å². The van der Waals surface area contributed by atoms with E-state index in [4.69, 9.17) is 0 Å². The normalized spacial score (nSPS) is 15.1. The lowest BCUT2D eigenvalue weighted by molar-refractivity contribution is 0.135. The van der Waals surface area contributed by atoms with Crippen LogP contribution in [0.25, 0.3) is 0 Å². The first-order valence-corrected chi connectivity index (χ1v) is 19.0. The zero-order valence-electron chi connectivity index (χ0n) is 28.3. The van der Waals surface area contributed by atoms with Crippen molar-refractivity contribution < 1.29 is 0 Å². The Kier molecular flexibility index (Phi) is 27.9. The molecule has 0 amide bonds. The molecule has 2 heteroatoms. The molecule has 1 aliphatic rings. The molecule has 1 unspecified atom stereocenters. The fourth-order valence-electron chi connectivity index (χ4n) is 6.54. The zero-order chi connectivity index (χ0) is 28.8. The fraction of sp³-hybridized carbons (Fsp3) is 0.947. The van der Waals surface area contributed by atoms with Gasteiger partial charge in [-0.25, -0.2) is 0 Å². The van der Waals surface area contributed by atoms with Crippen molar-refractivity contribution in [3.05, 3.63) is 12.4 Å². The minimum atomic E-state index is 0.641. The van der Waals surface area contributed by atoms with Gasteiger partial charge in [0.05, 0.1) is 0 Å². The molecule has 1 heterocycles. The highest BCUT2D eigenvalue weighted by Gasteiger charge is 2.24. The molecule has 0 radical (unpaired) electrons. The second-order valence-electron chi connectivity index (χ2n) is 13.2. The molecular formula is C38H76N2. The Morgan fingerprint density at radius 3 is 0.875 bits per heavy atom. The predicted molar refractivity (Wildman–Crippen MR) is 182 cm³/mol. The summed E-state index contributed by atoms with van der Waals surface area (Å²) < 4.78 is 0. The van der Waals surface area contributed by atoms with Gasteiger partial charge in [0, 0.05) is 25.5 Å². The highest BCUT2D eigenvalue weighted by Crippen LogP contribution is 2.24. The van der Waals surface area contributed by atoms with E-state index in [1.165, 1.54) is 206 Å². The summed E-state index contributed by atoms with van der Waals surface area (Å²) in [4.78, 5) is 5.42. The predicted octanol–water partition coefficient (Wildman–Crippen LogP) is 13.2. The lowest BCUT2D eigenvalue weighted by Crippen LogP contribution is -2.39. The van der Waals surface area contributed by atoms with Crippen LogP contribution in [0.1, 0.15) is 213 Å². The summed E-state index contributed by atoms with van der Waals surface area (Å²) in [5, 5.41) is 0. The SMILES string of the molecule is CCCCCCCCCCCCCCN1C=CN(CCCCCCCCCCCC)C1CCCCCCCCC. The summed E-state index contributed by atoms with van der Waals surface area (Å²) >= 11 is 0. The number of hydrogen-bond acceptors (Lipinski definition) is 2. The van der Waals surface area contributed by atoms with Gasteiger partial charge in [-0.1, -0.05) is 188 Å². The van der Waals surface area contributed by atoms with Crippen molar-refractivity contribution in [2.75, 3.05) is 13.1 Å². The molecular weight excluding hydrogens is 484 g/mol. The Morgan fingerprint density at radius 1 is 0.325 bits per heavy atom. The molecule has 1 rings (SSSR count). The Labute approximate surface area is 254 Å². The van der Waals surface area contributed by atoms with Gasteiger partial charge >= 0.3 is 0 Å². The van der Waals surface area contributed by atoms with Crippen LogP contribution in [-0.4, -0.2) is 29.1 Å². The van der Waals surface area contributed by atoms with E-state index >= 15 is 0 Å². The summed E-state index contributed by atoms with van der Waals surface area (Å²) in [6.07, 6.45) is 48.4. The minimum absolute atomic E-state index is 0.641. The number of hydrogen-bond donors (Lipinski definition) is 0. The average Bonchev–Trinajstić information content (AvgIpc) is 3.35. The molecule has 0 N–H and O–H groups in total. The Bertz CT molecular complexity index is 516. The second kappa shape index (κ2) is 29.8. The van der Waals surface area contributed by atoms with Crippen molar-refractivity contribution in [2.45, 2.75) is 220 Å². The second-order valence-corrected chi connectivity index (χ2v) is 13.2. The average molecular weight is 561 g/mol. The number of rotatable bonds is 32. The molecule has 0 aliphatic carbocycles. The first kappa shape index (κ1) is 37.4. The van der Waals surface area contributed by atoms with Gasteiger partial charge in [0.25, 0.3) is 0 Å². The van der Waals surface area contributed by atoms with Gasteiger partial charge in [-0.3, -0.25) is 0 Å². The van der Waals surface area contributed by atoms with Crippen molar-refractivity contribution in [1.82, 2.24) is 9.80 Å². The van der Waals surface area contributed by atoms with E-state index in [1.54, 1.807) is 0 Å². The first-order valence-electron chi connectivity index (χ1n) is 19.0. The molecule has 0 aromatic carbocycles. The molecule has 0 fully saturated rings. The monoisotopic (exact) mass is 561 g/mol. The lowest BCUT2D eigenvalue weighted by Gasteiger charge is -2.33. The molecule has 0 aromatic rings. The third kappa shape index (κ3) is 22.0. The number of nitrogens with zero attached hydrogens (tertiary/aromatic N) is 2. The molecule has 0 aromatic heterocycles. The van der Waals surface area contributed by atoms with Crippen LogP contribution in [0.15, 0.2) is 12.4 Å². The van der Waals surface area contributed by atoms with E-state index in [0.29, 0.717) is 6.17 Å². The Morgan fingerprint density at radius 2 is 0.575 bits per heavy atom. The molecule has 1 atom stereocenters. The first-order chi connectivity index (χ1) is 19.8. The van der Waals surface area contributed by atoms with E-state index in [-0.39, 0.29) is 0 Å². The van der Waals surface area contributed by atoms with E-state index in [9.17, 15) is 0 Å². The van der Waals surface area contributed by atoms with E-state index in [2.05, 4.69) is 43.0 Å². The molecule has 238 valence electrons. The van der Waals surface area contributed by atoms with E-state index < -0.39 is 0 Å². The molecule has 0 saturated carbocycles. The van der Waals surface area contributed by atoms with Crippen LogP contribution < -0.4 is 0 Å². The van der Waals surface area contributed by atoms with Crippen LogP contribution in [-0.2, 0) is 0 Å². The van der Waals surface area contributed by atoms with E-state index in [0.717, 1.165) is 0 Å². The fourth-order valence-corrected chi connectivity index (χ4v) is 6.54. The topological polar surface area (TPSA) is 6.48 Å². The smallest absolute Gasteiger partial charge is 0.101 e. The largest absolute Gasteiger partial charge is 0.356 e.